The molecule has 2 N–H and O–H groups in total. The van der Waals surface area contributed by atoms with Crippen LogP contribution >= 0.6 is 23.6 Å². The lowest BCUT2D eigenvalue weighted by Crippen LogP contribution is -2.34. The summed E-state index contributed by atoms with van der Waals surface area (Å²) in [6.07, 6.45) is 0. The fourth-order valence-corrected chi connectivity index (χ4v) is 3.85. The Morgan fingerprint density at radius 2 is 2.00 bits per heavy atom. The number of hydrogen-bond donors (Lipinski definition) is 2. The Balaban J connectivity index is 1.75. The van der Waals surface area contributed by atoms with Crippen molar-refractivity contribution in [2.45, 2.75) is 6.92 Å². The molecule has 1 amide bonds. The third-order valence-corrected chi connectivity index (χ3v) is 5.18. The highest BCUT2D eigenvalue weighted by Crippen LogP contribution is 2.36. The van der Waals surface area contributed by atoms with Gasteiger partial charge < -0.3 is 19.5 Å². The smallest absolute Gasteiger partial charge is 0.311 e. The number of anilines is 1. The molecule has 1 aromatic heterocycles. The van der Waals surface area contributed by atoms with Crippen LogP contribution in [-0.2, 0) is 0 Å². The summed E-state index contributed by atoms with van der Waals surface area (Å²) in [5.74, 6) is 0.635. The molecular weight excluding hydrogens is 444 g/mol. The van der Waals surface area contributed by atoms with E-state index >= 15 is 0 Å². The van der Waals surface area contributed by atoms with Crippen LogP contribution in [-0.4, -0.2) is 41.8 Å². The van der Waals surface area contributed by atoms with Gasteiger partial charge in [-0.2, -0.15) is 0 Å². The standard InChI is InChI=1S/C19H18N4O6S2/c1-4-29-13-6-5-10(7-12(13)23(25)26)17(24)21-18(30)22-19-20-16-14(28-3)8-11(27-2)9-15(16)31-19/h5-9H,4H2,1-3H3,(H2,20,21,22,24,30). The molecule has 3 rings (SSSR count). The van der Waals surface area contributed by atoms with E-state index in [4.69, 9.17) is 26.4 Å². The number of amides is 1. The first-order valence-corrected chi connectivity index (χ1v) is 10.1. The Bertz CT molecular complexity index is 1160. The highest BCUT2D eigenvalue weighted by atomic mass is 32.1. The number of hydrogen-bond acceptors (Lipinski definition) is 9. The Morgan fingerprint density at radius 3 is 2.65 bits per heavy atom. The monoisotopic (exact) mass is 462 g/mol. The zero-order valence-corrected chi connectivity index (χ0v) is 18.4. The Hall–Kier alpha value is -3.51. The van der Waals surface area contributed by atoms with Gasteiger partial charge in [-0.25, -0.2) is 4.98 Å². The summed E-state index contributed by atoms with van der Waals surface area (Å²) in [4.78, 5) is 27.6. The Morgan fingerprint density at radius 1 is 1.23 bits per heavy atom. The molecule has 10 nitrogen and oxygen atoms in total. The molecule has 2 aromatic carbocycles. The number of rotatable bonds is 7. The van der Waals surface area contributed by atoms with Crippen LogP contribution in [0.4, 0.5) is 10.8 Å². The Kier molecular flexibility index (Phi) is 6.82. The molecule has 0 unspecified atom stereocenters. The van der Waals surface area contributed by atoms with Crippen molar-refractivity contribution in [1.29, 1.82) is 0 Å². The normalized spacial score (nSPS) is 10.4. The number of thiazole rings is 1. The van der Waals surface area contributed by atoms with Gasteiger partial charge in [0.25, 0.3) is 5.91 Å². The topological polar surface area (TPSA) is 125 Å². The number of benzene rings is 2. The van der Waals surface area contributed by atoms with Gasteiger partial charge in [-0.1, -0.05) is 11.3 Å². The summed E-state index contributed by atoms with van der Waals surface area (Å²) >= 11 is 6.48. The van der Waals surface area contributed by atoms with Crippen molar-refractivity contribution >= 4 is 55.6 Å². The number of carbonyl (C=O) groups excluding carboxylic acids is 1. The summed E-state index contributed by atoms with van der Waals surface area (Å²) in [6, 6.07) is 7.45. The van der Waals surface area contributed by atoms with Crippen LogP contribution in [0, 0.1) is 10.1 Å². The molecule has 0 bridgehead atoms. The lowest BCUT2D eigenvalue weighted by molar-refractivity contribution is -0.385. The molecule has 0 atom stereocenters. The van der Waals surface area contributed by atoms with Crippen LogP contribution in [0.3, 0.4) is 0 Å². The average molecular weight is 463 g/mol. The highest BCUT2D eigenvalue weighted by molar-refractivity contribution is 7.80. The minimum Gasteiger partial charge on any atom is -0.497 e. The highest BCUT2D eigenvalue weighted by Gasteiger charge is 2.19. The van der Waals surface area contributed by atoms with Gasteiger partial charge in [0.05, 0.1) is 30.4 Å². The second-order valence-electron chi connectivity index (χ2n) is 5.98. The number of nitro groups is 1. The van der Waals surface area contributed by atoms with Gasteiger partial charge in [0.1, 0.15) is 17.0 Å². The van der Waals surface area contributed by atoms with E-state index in [0.29, 0.717) is 22.1 Å². The van der Waals surface area contributed by atoms with E-state index in [1.54, 1.807) is 26.2 Å². The number of nitrogens with zero attached hydrogens (tertiary/aromatic N) is 2. The first-order valence-electron chi connectivity index (χ1n) is 8.92. The SMILES string of the molecule is CCOc1ccc(C(=O)NC(=S)Nc2nc3c(OC)cc(OC)cc3s2)cc1[N+](=O)[O-]. The molecular formula is C19H18N4O6S2. The van der Waals surface area contributed by atoms with E-state index in [1.165, 1.54) is 30.6 Å². The van der Waals surface area contributed by atoms with Gasteiger partial charge in [-0.05, 0) is 37.3 Å². The van der Waals surface area contributed by atoms with Crippen molar-refractivity contribution in [2.75, 3.05) is 26.1 Å². The Labute approximate surface area is 186 Å². The van der Waals surface area contributed by atoms with Crippen LogP contribution in [0.5, 0.6) is 17.2 Å². The first kappa shape index (κ1) is 22.2. The average Bonchev–Trinajstić information content (AvgIpc) is 3.15. The van der Waals surface area contributed by atoms with Crippen LogP contribution < -0.4 is 24.8 Å². The number of thiocarbonyl (C=S) groups is 1. The maximum absolute atomic E-state index is 12.5. The lowest BCUT2D eigenvalue weighted by Gasteiger charge is -2.08. The van der Waals surface area contributed by atoms with Crippen LogP contribution in [0.2, 0.25) is 0 Å². The van der Waals surface area contributed by atoms with E-state index < -0.39 is 10.8 Å². The number of nitrogens with one attached hydrogen (secondary N) is 2. The van der Waals surface area contributed by atoms with Crippen molar-refractivity contribution in [3.05, 3.63) is 46.0 Å². The van der Waals surface area contributed by atoms with Crippen molar-refractivity contribution in [1.82, 2.24) is 10.3 Å². The number of ether oxygens (including phenoxy) is 3. The maximum Gasteiger partial charge on any atom is 0.311 e. The summed E-state index contributed by atoms with van der Waals surface area (Å²) < 4.78 is 16.6. The minimum atomic E-state index is -0.610. The molecule has 0 saturated heterocycles. The molecule has 0 aliphatic rings. The predicted octanol–water partition coefficient (Wildman–Crippen LogP) is 3.75. The molecule has 0 spiro atoms. The second kappa shape index (κ2) is 9.53. The molecule has 0 radical (unpaired) electrons. The number of nitro benzene ring substituents is 1. The van der Waals surface area contributed by atoms with Crippen LogP contribution in [0.1, 0.15) is 17.3 Å². The third-order valence-electron chi connectivity index (χ3n) is 4.05. The van der Waals surface area contributed by atoms with E-state index in [0.717, 1.165) is 10.8 Å². The fraction of sp³-hybridized carbons (Fsp3) is 0.211. The van der Waals surface area contributed by atoms with Gasteiger partial charge in [0.15, 0.2) is 16.0 Å². The van der Waals surface area contributed by atoms with Crippen molar-refractivity contribution in [2.24, 2.45) is 0 Å². The molecule has 0 aliphatic heterocycles. The van der Waals surface area contributed by atoms with Crippen LogP contribution in [0.15, 0.2) is 30.3 Å². The van der Waals surface area contributed by atoms with Gasteiger partial charge in [-0.15, -0.1) is 0 Å². The lowest BCUT2D eigenvalue weighted by atomic mass is 10.1. The van der Waals surface area contributed by atoms with Crippen molar-refractivity contribution in [3.8, 4) is 17.2 Å². The second-order valence-corrected chi connectivity index (χ2v) is 7.42. The molecule has 0 fully saturated rings. The molecule has 0 saturated carbocycles. The third kappa shape index (κ3) is 4.98. The molecule has 12 heteroatoms. The van der Waals surface area contributed by atoms with Crippen molar-refractivity contribution < 1.29 is 23.9 Å². The summed E-state index contributed by atoms with van der Waals surface area (Å²) in [6.45, 7) is 1.97. The van der Waals surface area contributed by atoms with E-state index in [-0.39, 0.29) is 28.7 Å². The quantitative estimate of drug-likeness (QED) is 0.307. The molecule has 0 aliphatic carbocycles. The van der Waals surface area contributed by atoms with Gasteiger partial charge in [0, 0.05) is 17.7 Å². The summed E-state index contributed by atoms with van der Waals surface area (Å²) in [5.41, 5.74) is 0.377. The molecule has 31 heavy (non-hydrogen) atoms. The maximum atomic E-state index is 12.5. The molecule has 162 valence electrons. The fourth-order valence-electron chi connectivity index (χ4n) is 2.68. The van der Waals surface area contributed by atoms with Gasteiger partial charge in [0.2, 0.25) is 0 Å². The van der Waals surface area contributed by atoms with Crippen LogP contribution in [0.25, 0.3) is 10.2 Å². The van der Waals surface area contributed by atoms with E-state index in [1.807, 2.05) is 0 Å². The zero-order chi connectivity index (χ0) is 22.5. The predicted molar refractivity (Wildman–Crippen MR) is 121 cm³/mol. The summed E-state index contributed by atoms with van der Waals surface area (Å²) in [7, 11) is 3.08. The first-order chi connectivity index (χ1) is 14.9. The summed E-state index contributed by atoms with van der Waals surface area (Å²) in [5, 5.41) is 17.0. The van der Waals surface area contributed by atoms with E-state index in [9.17, 15) is 14.9 Å². The number of aromatic nitrogens is 1. The van der Waals surface area contributed by atoms with Gasteiger partial charge >= 0.3 is 5.69 Å². The number of methoxy groups -OCH3 is 2. The largest absolute Gasteiger partial charge is 0.497 e. The van der Waals surface area contributed by atoms with Gasteiger partial charge in [-0.3, -0.25) is 20.2 Å². The minimum absolute atomic E-state index is 0.00785. The van der Waals surface area contributed by atoms with Crippen molar-refractivity contribution in [3.63, 3.8) is 0 Å². The van der Waals surface area contributed by atoms with E-state index in [2.05, 4.69) is 15.6 Å². The molecule has 1 heterocycles. The molecule has 3 aromatic rings. The number of fused-ring (bicyclic) bond motifs is 1. The number of carbonyl (C=O) groups is 1. The zero-order valence-electron chi connectivity index (χ0n) is 16.8.